The van der Waals surface area contributed by atoms with Crippen molar-refractivity contribution in [2.45, 2.75) is 37.8 Å². The second-order valence-electron chi connectivity index (χ2n) is 5.49. The molecule has 3 heteroatoms. The second-order valence-corrected chi connectivity index (χ2v) is 5.93. The standard InChI is InChI=1S/C15H21ClN2/c1-17-10-13-3-2-8-18(13)15-7-4-11-9-12(16)5-6-14(11)15/h5-6,9,13,15,17H,2-4,7-8,10H2,1H3. The first-order valence-electron chi connectivity index (χ1n) is 6.98. The number of aryl methyl sites for hydroxylation is 1. The molecular weight excluding hydrogens is 244 g/mol. The van der Waals surface area contributed by atoms with E-state index in [2.05, 4.69) is 29.4 Å². The van der Waals surface area contributed by atoms with Gasteiger partial charge in [-0.2, -0.15) is 0 Å². The minimum Gasteiger partial charge on any atom is -0.318 e. The third kappa shape index (κ3) is 2.18. The van der Waals surface area contributed by atoms with Gasteiger partial charge in [0.15, 0.2) is 0 Å². The molecule has 0 radical (unpaired) electrons. The molecule has 1 aromatic rings. The Bertz CT molecular complexity index is 433. The molecule has 0 spiro atoms. The summed E-state index contributed by atoms with van der Waals surface area (Å²) in [4.78, 5) is 2.70. The molecule has 1 aromatic carbocycles. The van der Waals surface area contributed by atoms with Crippen molar-refractivity contribution in [1.82, 2.24) is 10.2 Å². The van der Waals surface area contributed by atoms with Gasteiger partial charge in [-0.15, -0.1) is 0 Å². The van der Waals surface area contributed by atoms with Crippen LogP contribution in [0.15, 0.2) is 18.2 Å². The first-order chi connectivity index (χ1) is 8.79. The summed E-state index contributed by atoms with van der Waals surface area (Å²) in [6.45, 7) is 2.36. The highest BCUT2D eigenvalue weighted by Gasteiger charge is 2.34. The highest BCUT2D eigenvalue weighted by atomic mass is 35.5. The lowest BCUT2D eigenvalue weighted by atomic mass is 10.1. The molecule has 0 saturated carbocycles. The fourth-order valence-corrected chi connectivity index (χ4v) is 3.83. The van der Waals surface area contributed by atoms with Crippen molar-refractivity contribution in [3.63, 3.8) is 0 Å². The first kappa shape index (κ1) is 12.5. The van der Waals surface area contributed by atoms with Crippen LogP contribution in [0.25, 0.3) is 0 Å². The SMILES string of the molecule is CNCC1CCCN1C1CCc2cc(Cl)ccc21. The minimum atomic E-state index is 0.623. The van der Waals surface area contributed by atoms with Gasteiger partial charge in [0.2, 0.25) is 0 Å². The van der Waals surface area contributed by atoms with Crippen molar-refractivity contribution >= 4 is 11.6 Å². The van der Waals surface area contributed by atoms with E-state index in [9.17, 15) is 0 Å². The normalized spacial score (nSPS) is 27.7. The van der Waals surface area contributed by atoms with E-state index in [0.717, 1.165) is 11.6 Å². The number of hydrogen-bond acceptors (Lipinski definition) is 2. The Morgan fingerprint density at radius 2 is 2.28 bits per heavy atom. The van der Waals surface area contributed by atoms with E-state index >= 15 is 0 Å². The van der Waals surface area contributed by atoms with Crippen LogP contribution in [0.5, 0.6) is 0 Å². The smallest absolute Gasteiger partial charge is 0.0408 e. The Morgan fingerprint density at radius 1 is 1.39 bits per heavy atom. The third-order valence-electron chi connectivity index (χ3n) is 4.41. The summed E-state index contributed by atoms with van der Waals surface area (Å²) in [6, 6.07) is 7.77. The monoisotopic (exact) mass is 264 g/mol. The molecule has 2 nitrogen and oxygen atoms in total. The van der Waals surface area contributed by atoms with Crippen LogP contribution in [0.1, 0.15) is 36.4 Å². The highest BCUT2D eigenvalue weighted by Crippen LogP contribution is 2.40. The summed E-state index contributed by atoms with van der Waals surface area (Å²) in [5.41, 5.74) is 2.98. The predicted molar refractivity (Wildman–Crippen MR) is 76.2 cm³/mol. The van der Waals surface area contributed by atoms with E-state index in [1.807, 2.05) is 6.07 Å². The lowest BCUT2D eigenvalue weighted by Crippen LogP contribution is -2.38. The molecule has 0 bridgehead atoms. The van der Waals surface area contributed by atoms with Gasteiger partial charge in [-0.1, -0.05) is 17.7 Å². The number of hydrogen-bond donors (Lipinski definition) is 1. The minimum absolute atomic E-state index is 0.623. The van der Waals surface area contributed by atoms with Gasteiger partial charge in [0.25, 0.3) is 0 Å². The molecule has 1 fully saturated rings. The molecular formula is C15H21ClN2. The quantitative estimate of drug-likeness (QED) is 0.903. The Hall–Kier alpha value is -0.570. The summed E-state index contributed by atoms with van der Waals surface area (Å²) in [5, 5.41) is 4.21. The van der Waals surface area contributed by atoms with Gasteiger partial charge in [0.05, 0.1) is 0 Å². The number of likely N-dealkylation sites (tertiary alicyclic amines) is 1. The molecule has 0 aromatic heterocycles. The number of fused-ring (bicyclic) bond motifs is 1. The predicted octanol–water partition coefficient (Wildman–Crippen LogP) is 3.01. The highest BCUT2D eigenvalue weighted by molar-refractivity contribution is 6.30. The average molecular weight is 265 g/mol. The maximum atomic E-state index is 6.09. The Balaban J connectivity index is 1.83. The molecule has 98 valence electrons. The van der Waals surface area contributed by atoms with E-state index in [1.54, 1.807) is 0 Å². The van der Waals surface area contributed by atoms with Gasteiger partial charge in [-0.25, -0.2) is 0 Å². The zero-order valence-corrected chi connectivity index (χ0v) is 11.7. The molecule has 18 heavy (non-hydrogen) atoms. The van der Waals surface area contributed by atoms with Crippen molar-refractivity contribution in [3.05, 3.63) is 34.3 Å². The summed E-state index contributed by atoms with van der Waals surface area (Å²) >= 11 is 6.09. The molecule has 1 N–H and O–H groups in total. The number of nitrogens with one attached hydrogen (secondary N) is 1. The Kier molecular flexibility index (Phi) is 3.60. The molecule has 1 saturated heterocycles. The lowest BCUT2D eigenvalue weighted by Gasteiger charge is -2.31. The largest absolute Gasteiger partial charge is 0.318 e. The fraction of sp³-hybridized carbons (Fsp3) is 0.600. The van der Waals surface area contributed by atoms with Gasteiger partial charge < -0.3 is 5.32 Å². The zero-order chi connectivity index (χ0) is 12.5. The first-order valence-corrected chi connectivity index (χ1v) is 7.36. The molecule has 3 rings (SSSR count). The van der Waals surface area contributed by atoms with Crippen LogP contribution in [0.4, 0.5) is 0 Å². The van der Waals surface area contributed by atoms with Crippen LogP contribution < -0.4 is 5.32 Å². The van der Waals surface area contributed by atoms with Gasteiger partial charge in [-0.3, -0.25) is 4.90 Å². The molecule has 2 atom stereocenters. The van der Waals surface area contributed by atoms with Gasteiger partial charge in [-0.05, 0) is 62.5 Å². The van der Waals surface area contributed by atoms with E-state index < -0.39 is 0 Å². The fourth-order valence-electron chi connectivity index (χ4n) is 3.63. The maximum absolute atomic E-state index is 6.09. The van der Waals surface area contributed by atoms with Gasteiger partial charge in [0.1, 0.15) is 0 Å². The van der Waals surface area contributed by atoms with Crippen LogP contribution in [0.2, 0.25) is 5.02 Å². The van der Waals surface area contributed by atoms with Crippen LogP contribution in [0, 0.1) is 0 Å². The Morgan fingerprint density at radius 3 is 3.11 bits per heavy atom. The number of rotatable bonds is 3. The van der Waals surface area contributed by atoms with Crippen molar-refractivity contribution in [3.8, 4) is 0 Å². The van der Waals surface area contributed by atoms with Crippen molar-refractivity contribution in [2.75, 3.05) is 20.1 Å². The van der Waals surface area contributed by atoms with Gasteiger partial charge >= 0.3 is 0 Å². The molecule has 1 heterocycles. The average Bonchev–Trinajstić information content (AvgIpc) is 2.95. The van der Waals surface area contributed by atoms with Crippen LogP contribution in [0.3, 0.4) is 0 Å². The molecule has 2 unspecified atom stereocenters. The lowest BCUT2D eigenvalue weighted by molar-refractivity contribution is 0.178. The number of likely N-dealkylation sites (N-methyl/N-ethyl adjacent to an activating group) is 1. The molecule has 2 aliphatic rings. The Labute approximate surface area is 114 Å². The van der Waals surface area contributed by atoms with Crippen molar-refractivity contribution in [2.24, 2.45) is 0 Å². The third-order valence-corrected chi connectivity index (χ3v) is 4.65. The zero-order valence-electron chi connectivity index (χ0n) is 11.0. The van der Waals surface area contributed by atoms with Crippen LogP contribution in [-0.2, 0) is 6.42 Å². The number of halogens is 1. The number of benzene rings is 1. The summed E-state index contributed by atoms with van der Waals surface area (Å²) in [5.74, 6) is 0. The molecule has 1 aliphatic carbocycles. The van der Waals surface area contributed by atoms with E-state index in [-0.39, 0.29) is 0 Å². The molecule has 0 amide bonds. The van der Waals surface area contributed by atoms with E-state index in [4.69, 9.17) is 11.6 Å². The van der Waals surface area contributed by atoms with Crippen molar-refractivity contribution in [1.29, 1.82) is 0 Å². The number of nitrogens with zero attached hydrogens (tertiary/aromatic N) is 1. The van der Waals surface area contributed by atoms with E-state index in [0.29, 0.717) is 12.1 Å². The summed E-state index contributed by atoms with van der Waals surface area (Å²) in [6.07, 6.45) is 5.12. The maximum Gasteiger partial charge on any atom is 0.0408 e. The molecule has 1 aliphatic heterocycles. The van der Waals surface area contributed by atoms with Crippen molar-refractivity contribution < 1.29 is 0 Å². The summed E-state index contributed by atoms with van der Waals surface area (Å²) in [7, 11) is 2.05. The van der Waals surface area contributed by atoms with Crippen LogP contribution >= 0.6 is 11.6 Å². The van der Waals surface area contributed by atoms with Gasteiger partial charge in [0, 0.05) is 23.7 Å². The topological polar surface area (TPSA) is 15.3 Å². The summed E-state index contributed by atoms with van der Waals surface area (Å²) < 4.78 is 0. The van der Waals surface area contributed by atoms with E-state index in [1.165, 1.54) is 43.4 Å². The second kappa shape index (κ2) is 5.20. The van der Waals surface area contributed by atoms with Crippen LogP contribution in [-0.4, -0.2) is 31.1 Å².